The molecule has 0 unspecified atom stereocenters. The zero-order valence-electron chi connectivity index (χ0n) is 16.9. The van der Waals surface area contributed by atoms with E-state index in [1.165, 1.54) is 12.3 Å². The van der Waals surface area contributed by atoms with Crippen LogP contribution in [0.15, 0.2) is 71.3 Å². The van der Waals surface area contributed by atoms with Crippen molar-refractivity contribution in [3.63, 3.8) is 0 Å². The van der Waals surface area contributed by atoms with Gasteiger partial charge in [0, 0.05) is 23.4 Å². The lowest BCUT2D eigenvalue weighted by molar-refractivity contribution is -0.119. The first-order valence-electron chi connectivity index (χ1n) is 9.66. The minimum Gasteiger partial charge on any atom is -0.489 e. The Morgan fingerprint density at radius 2 is 1.81 bits per heavy atom. The highest BCUT2D eigenvalue weighted by molar-refractivity contribution is 5.98. The summed E-state index contributed by atoms with van der Waals surface area (Å²) in [5.41, 5.74) is 1.33. The number of hydrogen-bond donors (Lipinski definition) is 2. The summed E-state index contributed by atoms with van der Waals surface area (Å²) in [5.74, 6) is -0.940. The number of benzene rings is 2. The molecule has 2 N–H and O–H groups in total. The van der Waals surface area contributed by atoms with Crippen LogP contribution < -0.4 is 15.4 Å². The van der Waals surface area contributed by atoms with Crippen LogP contribution in [0.3, 0.4) is 0 Å². The van der Waals surface area contributed by atoms with E-state index >= 15 is 0 Å². The first-order valence-corrected chi connectivity index (χ1v) is 9.66. The van der Waals surface area contributed by atoms with Gasteiger partial charge in [-0.05, 0) is 43.3 Å². The monoisotopic (exact) mass is 422 g/mol. The number of anilines is 1. The van der Waals surface area contributed by atoms with Gasteiger partial charge in [-0.1, -0.05) is 24.3 Å². The van der Waals surface area contributed by atoms with Gasteiger partial charge in [0.1, 0.15) is 12.4 Å². The predicted molar refractivity (Wildman–Crippen MR) is 113 cm³/mol. The Morgan fingerprint density at radius 1 is 1.00 bits per heavy atom. The molecule has 0 atom stereocenters. The molecule has 3 aromatic rings. The molecule has 0 radical (unpaired) electrons. The molecule has 1 aromatic heterocycles. The normalized spacial score (nSPS) is 10.2. The number of esters is 1. The highest BCUT2D eigenvalue weighted by Gasteiger charge is 2.19. The van der Waals surface area contributed by atoms with E-state index in [-0.39, 0.29) is 18.3 Å². The molecule has 160 valence electrons. The van der Waals surface area contributed by atoms with E-state index in [9.17, 15) is 14.4 Å². The van der Waals surface area contributed by atoms with Gasteiger partial charge in [-0.2, -0.15) is 0 Å². The number of hydrogen-bond acceptors (Lipinski definition) is 6. The van der Waals surface area contributed by atoms with Crippen LogP contribution in [0.1, 0.15) is 33.4 Å². The van der Waals surface area contributed by atoms with Crippen molar-refractivity contribution in [3.8, 4) is 5.75 Å². The van der Waals surface area contributed by atoms with Gasteiger partial charge in [0.25, 0.3) is 11.8 Å². The van der Waals surface area contributed by atoms with Crippen molar-refractivity contribution in [1.82, 2.24) is 5.32 Å². The molecule has 3 rings (SSSR count). The lowest BCUT2D eigenvalue weighted by Crippen LogP contribution is -2.23. The molecular formula is C23H22N2O6. The SMILES string of the molecule is CCNC(=O)c1cccc(NC(=O)COC(=O)c2occc2COc2ccccc2)c1. The third-order valence-corrected chi connectivity index (χ3v) is 4.15. The topological polar surface area (TPSA) is 107 Å². The van der Waals surface area contributed by atoms with Crippen LogP contribution in [-0.2, 0) is 16.1 Å². The molecule has 0 aliphatic heterocycles. The summed E-state index contributed by atoms with van der Waals surface area (Å²) in [5, 5.41) is 5.27. The molecule has 0 fully saturated rings. The van der Waals surface area contributed by atoms with Crippen molar-refractivity contribution < 1.29 is 28.3 Å². The number of ether oxygens (including phenoxy) is 2. The minimum absolute atomic E-state index is 0.0260. The fourth-order valence-corrected chi connectivity index (χ4v) is 2.70. The second kappa shape index (κ2) is 10.6. The Hall–Kier alpha value is -4.07. The van der Waals surface area contributed by atoms with E-state index in [2.05, 4.69) is 10.6 Å². The Labute approximate surface area is 179 Å². The molecule has 0 saturated carbocycles. The lowest BCUT2D eigenvalue weighted by Gasteiger charge is -2.09. The Morgan fingerprint density at radius 3 is 2.58 bits per heavy atom. The summed E-state index contributed by atoms with van der Waals surface area (Å²) >= 11 is 0. The van der Waals surface area contributed by atoms with Crippen molar-refractivity contribution >= 4 is 23.5 Å². The quantitative estimate of drug-likeness (QED) is 0.512. The zero-order valence-corrected chi connectivity index (χ0v) is 16.9. The Kier molecular flexibility index (Phi) is 7.42. The van der Waals surface area contributed by atoms with Crippen molar-refractivity contribution in [2.75, 3.05) is 18.5 Å². The highest BCUT2D eigenvalue weighted by atomic mass is 16.5. The second-order valence-electron chi connectivity index (χ2n) is 6.44. The van der Waals surface area contributed by atoms with Gasteiger partial charge >= 0.3 is 5.97 Å². The summed E-state index contributed by atoms with van der Waals surface area (Å²) in [7, 11) is 0. The summed E-state index contributed by atoms with van der Waals surface area (Å²) in [6, 6.07) is 17.2. The average Bonchev–Trinajstić information content (AvgIpc) is 3.26. The summed E-state index contributed by atoms with van der Waals surface area (Å²) in [6.45, 7) is 1.92. The lowest BCUT2D eigenvalue weighted by atomic mass is 10.2. The Balaban J connectivity index is 1.52. The van der Waals surface area contributed by atoms with Crippen LogP contribution >= 0.6 is 0 Å². The third-order valence-electron chi connectivity index (χ3n) is 4.15. The fraction of sp³-hybridized carbons (Fsp3) is 0.174. The number of furan rings is 1. The van der Waals surface area contributed by atoms with E-state index in [0.29, 0.717) is 29.1 Å². The van der Waals surface area contributed by atoms with Gasteiger partial charge in [0.2, 0.25) is 5.76 Å². The Bertz CT molecular complexity index is 1040. The number of carbonyl (C=O) groups is 3. The van der Waals surface area contributed by atoms with Gasteiger partial charge in [-0.25, -0.2) is 4.79 Å². The van der Waals surface area contributed by atoms with Crippen molar-refractivity contribution in [3.05, 3.63) is 83.8 Å². The maximum absolute atomic E-state index is 12.3. The molecular weight excluding hydrogens is 400 g/mol. The van der Waals surface area contributed by atoms with Crippen LogP contribution in [0, 0.1) is 0 Å². The van der Waals surface area contributed by atoms with Crippen LogP contribution in [0.2, 0.25) is 0 Å². The molecule has 0 spiro atoms. The van der Waals surface area contributed by atoms with Gasteiger partial charge in [-0.15, -0.1) is 0 Å². The molecule has 0 saturated heterocycles. The van der Waals surface area contributed by atoms with Gasteiger partial charge < -0.3 is 24.5 Å². The van der Waals surface area contributed by atoms with Crippen molar-refractivity contribution in [1.29, 1.82) is 0 Å². The fourth-order valence-electron chi connectivity index (χ4n) is 2.70. The minimum atomic E-state index is -0.775. The second-order valence-corrected chi connectivity index (χ2v) is 6.44. The maximum atomic E-state index is 12.3. The molecule has 0 bridgehead atoms. The summed E-state index contributed by atoms with van der Waals surface area (Å²) in [6.07, 6.45) is 1.35. The highest BCUT2D eigenvalue weighted by Crippen LogP contribution is 2.17. The largest absolute Gasteiger partial charge is 0.489 e. The van der Waals surface area contributed by atoms with Gasteiger partial charge in [0.05, 0.1) is 6.26 Å². The van der Waals surface area contributed by atoms with E-state index < -0.39 is 18.5 Å². The van der Waals surface area contributed by atoms with Gasteiger partial charge in [0.15, 0.2) is 6.61 Å². The number of amides is 2. The zero-order chi connectivity index (χ0) is 22.1. The van der Waals surface area contributed by atoms with Crippen molar-refractivity contribution in [2.45, 2.75) is 13.5 Å². The van der Waals surface area contributed by atoms with Crippen LogP contribution in [0.5, 0.6) is 5.75 Å². The number of nitrogens with one attached hydrogen (secondary N) is 2. The van der Waals surface area contributed by atoms with E-state index in [0.717, 1.165) is 0 Å². The molecule has 31 heavy (non-hydrogen) atoms. The predicted octanol–water partition coefficient (Wildman–Crippen LogP) is 3.40. The van der Waals surface area contributed by atoms with Gasteiger partial charge in [-0.3, -0.25) is 9.59 Å². The van der Waals surface area contributed by atoms with Crippen LogP contribution in [0.4, 0.5) is 5.69 Å². The number of rotatable bonds is 9. The molecule has 0 aliphatic rings. The van der Waals surface area contributed by atoms with E-state index in [1.54, 1.807) is 36.4 Å². The summed E-state index contributed by atoms with van der Waals surface area (Å²) < 4.78 is 15.9. The molecule has 0 aliphatic carbocycles. The van der Waals surface area contributed by atoms with E-state index in [1.807, 2.05) is 25.1 Å². The third kappa shape index (κ3) is 6.20. The first kappa shape index (κ1) is 21.6. The maximum Gasteiger partial charge on any atom is 0.375 e. The van der Waals surface area contributed by atoms with Crippen LogP contribution in [0.25, 0.3) is 0 Å². The molecule has 8 heteroatoms. The molecule has 2 aromatic carbocycles. The molecule has 8 nitrogen and oxygen atoms in total. The molecule has 1 heterocycles. The standard InChI is InChI=1S/C23H22N2O6/c1-2-24-22(27)16-7-6-8-18(13-16)25-20(26)15-31-23(28)21-17(11-12-29-21)14-30-19-9-4-3-5-10-19/h3-13H,2,14-15H2,1H3,(H,24,27)(H,25,26). The van der Waals surface area contributed by atoms with Crippen LogP contribution in [-0.4, -0.2) is 30.9 Å². The first-order chi connectivity index (χ1) is 15.1. The van der Waals surface area contributed by atoms with E-state index in [4.69, 9.17) is 13.9 Å². The average molecular weight is 422 g/mol. The van der Waals surface area contributed by atoms with Crippen molar-refractivity contribution in [2.24, 2.45) is 0 Å². The molecule has 2 amide bonds. The number of carbonyl (C=O) groups excluding carboxylic acids is 3. The smallest absolute Gasteiger partial charge is 0.375 e. The number of para-hydroxylation sites is 1. The summed E-state index contributed by atoms with van der Waals surface area (Å²) in [4.78, 5) is 36.3.